The third kappa shape index (κ3) is 1.72. The molecule has 1 aliphatic rings. The molecule has 0 aliphatic carbocycles. The number of nitrogens with zero attached hydrogens (tertiary/aromatic N) is 1. The Labute approximate surface area is 112 Å². The van der Waals surface area contributed by atoms with Gasteiger partial charge in [-0.05, 0) is 24.3 Å². The molecule has 0 spiro atoms. The fourth-order valence-electron chi connectivity index (χ4n) is 1.98. The molecule has 0 saturated heterocycles. The zero-order valence-corrected chi connectivity index (χ0v) is 10.6. The Balaban J connectivity index is 2.27. The Hall–Kier alpha value is -2.22. The molecule has 1 heterocycles. The Bertz CT molecular complexity index is 808. The van der Waals surface area contributed by atoms with E-state index in [9.17, 15) is 21.6 Å². The van der Waals surface area contributed by atoms with Gasteiger partial charge in [-0.3, -0.25) is 4.72 Å². The van der Waals surface area contributed by atoms with Gasteiger partial charge in [0.2, 0.25) is 0 Å². The first kappa shape index (κ1) is 12.8. The first-order chi connectivity index (χ1) is 9.42. The molecule has 1 N–H and O–H groups in total. The monoisotopic (exact) mass is 300 g/mol. The maximum atomic E-state index is 13.8. The van der Waals surface area contributed by atoms with Gasteiger partial charge >= 0.3 is 10.2 Å². The molecule has 4 nitrogen and oxygen atoms in total. The van der Waals surface area contributed by atoms with E-state index in [1.165, 1.54) is 12.1 Å². The van der Waals surface area contributed by atoms with Crippen LogP contribution in [-0.2, 0) is 10.2 Å². The summed E-state index contributed by atoms with van der Waals surface area (Å²) in [5.41, 5.74) is -0.213. The van der Waals surface area contributed by atoms with E-state index in [1.807, 2.05) is 0 Å². The molecule has 0 amide bonds. The highest BCUT2D eigenvalue weighted by Crippen LogP contribution is 2.42. The van der Waals surface area contributed by atoms with Crippen molar-refractivity contribution in [2.75, 3.05) is 9.03 Å². The Morgan fingerprint density at radius 3 is 2.35 bits per heavy atom. The summed E-state index contributed by atoms with van der Waals surface area (Å²) in [6.07, 6.45) is 0. The van der Waals surface area contributed by atoms with Crippen LogP contribution in [0.3, 0.4) is 0 Å². The normalized spacial score (nSPS) is 15.8. The van der Waals surface area contributed by atoms with E-state index in [0.717, 1.165) is 6.07 Å². The van der Waals surface area contributed by atoms with E-state index in [1.54, 1.807) is 12.1 Å². The number of anilines is 3. The number of nitrogens with one attached hydrogen (secondary N) is 1. The second kappa shape index (κ2) is 4.14. The highest BCUT2D eigenvalue weighted by atomic mass is 32.2. The summed E-state index contributed by atoms with van der Waals surface area (Å²) >= 11 is 0. The van der Waals surface area contributed by atoms with Gasteiger partial charge in [0.25, 0.3) is 0 Å². The van der Waals surface area contributed by atoms with Crippen LogP contribution in [0.15, 0.2) is 36.4 Å². The first-order valence-corrected chi connectivity index (χ1v) is 6.91. The van der Waals surface area contributed by atoms with Crippen LogP contribution in [0.25, 0.3) is 0 Å². The summed E-state index contributed by atoms with van der Waals surface area (Å²) in [6, 6.07) is 7.58. The van der Waals surface area contributed by atoms with Gasteiger partial charge in [0.1, 0.15) is 0 Å². The van der Waals surface area contributed by atoms with Crippen molar-refractivity contribution in [3.05, 3.63) is 53.8 Å². The number of hydrogen-bond donors (Lipinski definition) is 1. The SMILES string of the molecule is O=S1(=O)Nc2ccccc2N1c1ccc(F)c(F)c1F. The molecule has 0 saturated carbocycles. The van der Waals surface area contributed by atoms with Crippen LogP contribution in [0.4, 0.5) is 30.2 Å². The van der Waals surface area contributed by atoms with E-state index in [4.69, 9.17) is 0 Å². The van der Waals surface area contributed by atoms with Crippen molar-refractivity contribution >= 4 is 27.3 Å². The molecule has 3 rings (SSSR count). The zero-order chi connectivity index (χ0) is 14.5. The minimum Gasteiger partial charge on any atom is -0.264 e. The van der Waals surface area contributed by atoms with Crippen LogP contribution in [0.1, 0.15) is 0 Å². The minimum atomic E-state index is -4.10. The van der Waals surface area contributed by atoms with Crippen LogP contribution in [0.5, 0.6) is 0 Å². The molecule has 0 atom stereocenters. The summed E-state index contributed by atoms with van der Waals surface area (Å²) in [4.78, 5) is 0. The van der Waals surface area contributed by atoms with Crippen molar-refractivity contribution in [1.82, 2.24) is 0 Å². The Kier molecular flexibility index (Phi) is 2.65. The van der Waals surface area contributed by atoms with Gasteiger partial charge in [-0.1, -0.05) is 12.1 Å². The molecule has 20 heavy (non-hydrogen) atoms. The summed E-state index contributed by atoms with van der Waals surface area (Å²) in [5.74, 6) is -4.67. The number of hydrogen-bond acceptors (Lipinski definition) is 2. The quantitative estimate of drug-likeness (QED) is 0.823. The molecular formula is C12H7F3N2O2S. The van der Waals surface area contributed by atoms with Crippen molar-refractivity contribution in [1.29, 1.82) is 0 Å². The van der Waals surface area contributed by atoms with Gasteiger partial charge in [0, 0.05) is 0 Å². The van der Waals surface area contributed by atoms with E-state index in [2.05, 4.69) is 4.72 Å². The van der Waals surface area contributed by atoms with Crippen molar-refractivity contribution in [2.24, 2.45) is 0 Å². The number of rotatable bonds is 1. The Morgan fingerprint density at radius 1 is 0.900 bits per heavy atom. The highest BCUT2D eigenvalue weighted by molar-refractivity contribution is 7.95. The highest BCUT2D eigenvalue weighted by Gasteiger charge is 2.36. The van der Waals surface area contributed by atoms with E-state index in [-0.39, 0.29) is 11.4 Å². The summed E-state index contributed by atoms with van der Waals surface area (Å²) in [5, 5.41) is 0. The predicted molar refractivity (Wildman–Crippen MR) is 67.4 cm³/mol. The van der Waals surface area contributed by atoms with Gasteiger partial charge in [0.05, 0.1) is 17.1 Å². The average molecular weight is 300 g/mol. The zero-order valence-electron chi connectivity index (χ0n) is 9.77. The third-order valence-electron chi connectivity index (χ3n) is 2.84. The standard InChI is InChI=1S/C12H7F3N2O2S/c13-7-5-6-10(12(15)11(7)14)17-9-4-2-1-3-8(9)16-20(17,18)19/h1-6,16H. The number of benzene rings is 2. The van der Waals surface area contributed by atoms with Crippen molar-refractivity contribution in [3.8, 4) is 0 Å². The van der Waals surface area contributed by atoms with Gasteiger partial charge < -0.3 is 0 Å². The minimum absolute atomic E-state index is 0.136. The van der Waals surface area contributed by atoms with Crippen LogP contribution in [-0.4, -0.2) is 8.42 Å². The van der Waals surface area contributed by atoms with Crippen molar-refractivity contribution in [2.45, 2.75) is 0 Å². The van der Waals surface area contributed by atoms with E-state index < -0.39 is 33.3 Å². The molecule has 2 aromatic rings. The average Bonchev–Trinajstić information content (AvgIpc) is 2.67. The topological polar surface area (TPSA) is 49.4 Å². The summed E-state index contributed by atoms with van der Waals surface area (Å²) in [6.45, 7) is 0. The van der Waals surface area contributed by atoms with Gasteiger partial charge in [-0.15, -0.1) is 0 Å². The van der Waals surface area contributed by atoms with Gasteiger partial charge in [-0.25, -0.2) is 17.5 Å². The fraction of sp³-hybridized carbons (Fsp3) is 0. The summed E-state index contributed by atoms with van der Waals surface area (Å²) < 4.78 is 66.8. The lowest BCUT2D eigenvalue weighted by Gasteiger charge is -2.17. The molecule has 0 fully saturated rings. The molecule has 0 radical (unpaired) electrons. The van der Waals surface area contributed by atoms with Crippen LogP contribution in [0.2, 0.25) is 0 Å². The van der Waals surface area contributed by atoms with Crippen molar-refractivity contribution in [3.63, 3.8) is 0 Å². The smallest absolute Gasteiger partial charge is 0.264 e. The molecule has 2 aromatic carbocycles. The molecular weight excluding hydrogens is 293 g/mol. The van der Waals surface area contributed by atoms with Crippen LogP contribution >= 0.6 is 0 Å². The second-order valence-corrected chi connectivity index (χ2v) is 5.60. The van der Waals surface area contributed by atoms with Crippen LogP contribution < -0.4 is 9.03 Å². The number of para-hydroxylation sites is 2. The lowest BCUT2D eigenvalue weighted by Crippen LogP contribution is -2.26. The lowest BCUT2D eigenvalue weighted by atomic mass is 10.2. The Morgan fingerprint density at radius 2 is 1.60 bits per heavy atom. The molecule has 8 heteroatoms. The lowest BCUT2D eigenvalue weighted by molar-refractivity contribution is 0.448. The fourth-order valence-corrected chi connectivity index (χ4v) is 3.34. The summed E-state index contributed by atoms with van der Waals surface area (Å²) in [7, 11) is -4.10. The molecule has 0 aromatic heterocycles. The molecule has 0 bridgehead atoms. The third-order valence-corrected chi connectivity index (χ3v) is 4.19. The van der Waals surface area contributed by atoms with Gasteiger partial charge in [-0.2, -0.15) is 8.42 Å². The largest absolute Gasteiger partial charge is 0.328 e. The molecule has 1 aliphatic heterocycles. The molecule has 104 valence electrons. The van der Waals surface area contributed by atoms with Gasteiger partial charge in [0.15, 0.2) is 17.5 Å². The number of halogens is 3. The van der Waals surface area contributed by atoms with Crippen LogP contribution in [0, 0.1) is 17.5 Å². The van der Waals surface area contributed by atoms with E-state index in [0.29, 0.717) is 10.4 Å². The second-order valence-electron chi connectivity index (χ2n) is 4.08. The molecule has 0 unspecified atom stereocenters. The van der Waals surface area contributed by atoms with Crippen molar-refractivity contribution < 1.29 is 21.6 Å². The first-order valence-electron chi connectivity index (χ1n) is 5.47. The number of fused-ring (bicyclic) bond motifs is 1. The maximum absolute atomic E-state index is 13.8. The maximum Gasteiger partial charge on any atom is 0.328 e. The predicted octanol–water partition coefficient (Wildman–Crippen LogP) is 2.91. The van der Waals surface area contributed by atoms with E-state index >= 15 is 0 Å².